The SMILES string of the molecule is CCCc1c(O)cccc1O.CCCc1c(O)cccc1Oc1ccccc1C(=O)OC.CCCc1c(OCCCOc2cc(O)c(-c3ccccc3)cc2CC)cccc1Oc1ccccc1C(=O)[O-].CCc1cc(-c2ccccc2)c(OCc2ccccc2)cc1OCCCCl.COC(=O)c1ccccc1I.[Na+]. The minimum atomic E-state index is -1.29. The summed E-state index contributed by atoms with van der Waals surface area (Å²) in [6, 6.07) is 74.3. The Morgan fingerprint density at radius 3 is 1.35 bits per heavy atom. The van der Waals surface area contributed by atoms with Gasteiger partial charge in [0.05, 0.1) is 45.6 Å². The van der Waals surface area contributed by atoms with Crippen molar-refractivity contribution in [3.05, 3.63) is 296 Å². The molecular formula is C91H95ClINaO16. The molecule has 4 N–H and O–H groups in total. The number of para-hydroxylation sites is 2. The number of rotatable bonds is 30. The fourth-order valence-corrected chi connectivity index (χ4v) is 12.0. The van der Waals surface area contributed by atoms with Crippen LogP contribution in [0.5, 0.6) is 69.0 Å². The summed E-state index contributed by atoms with van der Waals surface area (Å²) in [5.41, 5.74) is 10.6. The van der Waals surface area contributed by atoms with E-state index in [0.29, 0.717) is 97.0 Å². The Hall–Kier alpha value is -10.2. The summed E-state index contributed by atoms with van der Waals surface area (Å²) in [6.07, 6.45) is 7.93. The average molecular weight is 1630 g/mol. The quantitative estimate of drug-likeness (QED) is 0.0108. The smallest absolute Gasteiger partial charge is 0.545 e. The minimum Gasteiger partial charge on any atom is -0.545 e. The normalized spacial score (nSPS) is 10.3. The number of halogens is 2. The zero-order chi connectivity index (χ0) is 78.3. The number of esters is 2. The standard InChI is InChI=1S/C33H34O6.C24H25ClO2.C17H18O4.C9H12O2.C8H7IO2.Na/c1-3-12-25-29(17-10-18-30(25)39-31-16-9-8-15-26(31)33(35)36)37-19-11-20-38-32-22-28(34)27(21-23(32)4-2)24-13-6-5-7-14-24;1-2-20-16-22(21-12-7-4-8-13-21)24(17-23(20)26-15-9-14-25)27-18-19-10-5-3-6-11-19;1-3-7-12-14(18)9-6-11-15(12)21-16-10-5-4-8-13(16)17(19)20-2;1-2-4-7-8(10)5-3-6-9(7)11;1-11-8(10)6-4-2-3-5-7(6)9;/h5-10,13-18,21-22,34H,3-4,11-12,19-20H2,1-2H3,(H,35,36);3-8,10-13,16-17H,2,9,14-15,18H2,1H3;4-6,8-11,18H,3,7H2,1-2H3;3,5-6,10-11H,2,4H2,1H3;2-5H,1H3;/q;;;;;+1/p-1. The number of methoxy groups -OCH3 is 2. The second-order valence-electron chi connectivity index (χ2n) is 24.5. The molecule has 0 radical (unpaired) electrons. The topological polar surface area (TPSA) is 229 Å². The monoisotopic (exact) mass is 1630 g/mol. The molecule has 0 aromatic heterocycles. The van der Waals surface area contributed by atoms with Crippen molar-refractivity contribution >= 4 is 52.1 Å². The van der Waals surface area contributed by atoms with Crippen molar-refractivity contribution in [2.24, 2.45) is 0 Å². The van der Waals surface area contributed by atoms with Gasteiger partial charge in [0.2, 0.25) is 0 Å². The van der Waals surface area contributed by atoms with Gasteiger partial charge < -0.3 is 68.2 Å². The average Bonchev–Trinajstić information content (AvgIpc) is 0.812. The molecule has 0 atom stereocenters. The molecule has 11 aromatic carbocycles. The summed E-state index contributed by atoms with van der Waals surface area (Å²) in [4.78, 5) is 34.3. The van der Waals surface area contributed by atoms with Gasteiger partial charge >= 0.3 is 41.5 Å². The Morgan fingerprint density at radius 2 is 0.800 bits per heavy atom. The third kappa shape index (κ3) is 27.2. The van der Waals surface area contributed by atoms with E-state index in [0.717, 1.165) is 105 Å². The molecule has 0 saturated carbocycles. The summed E-state index contributed by atoms with van der Waals surface area (Å²) in [5.74, 6) is 4.16. The summed E-state index contributed by atoms with van der Waals surface area (Å²) in [6.45, 7) is 12.3. The van der Waals surface area contributed by atoms with Crippen molar-refractivity contribution in [3.8, 4) is 91.2 Å². The van der Waals surface area contributed by atoms with Gasteiger partial charge in [-0.25, -0.2) is 9.59 Å². The van der Waals surface area contributed by atoms with Crippen LogP contribution in [0.15, 0.2) is 243 Å². The third-order valence-corrected chi connectivity index (χ3v) is 18.0. The van der Waals surface area contributed by atoms with Gasteiger partial charge in [0.25, 0.3) is 0 Å². The number of hydrogen-bond donors (Lipinski definition) is 4. The van der Waals surface area contributed by atoms with Crippen LogP contribution >= 0.6 is 34.2 Å². The predicted molar refractivity (Wildman–Crippen MR) is 437 cm³/mol. The van der Waals surface area contributed by atoms with Crippen molar-refractivity contribution < 1.29 is 107 Å². The maximum atomic E-state index is 11.8. The van der Waals surface area contributed by atoms with Gasteiger partial charge in [0.15, 0.2) is 0 Å². The number of aryl methyl sites for hydroxylation is 2. The van der Waals surface area contributed by atoms with Crippen LogP contribution in [0.3, 0.4) is 0 Å². The summed E-state index contributed by atoms with van der Waals surface area (Å²) in [7, 11) is 2.71. The number of ether oxygens (including phenoxy) is 8. The molecule has 0 heterocycles. The number of alkyl halides is 1. The Labute approximate surface area is 686 Å². The van der Waals surface area contributed by atoms with E-state index in [1.54, 1.807) is 91.0 Å². The number of carbonyl (C=O) groups excluding carboxylic acids is 3. The number of carbonyl (C=O) groups is 3. The van der Waals surface area contributed by atoms with Crippen LogP contribution in [0.2, 0.25) is 0 Å². The van der Waals surface area contributed by atoms with Crippen LogP contribution in [-0.2, 0) is 48.2 Å². The van der Waals surface area contributed by atoms with E-state index in [9.17, 15) is 39.9 Å². The molecule has 0 saturated heterocycles. The van der Waals surface area contributed by atoms with Crippen LogP contribution in [0.1, 0.15) is 131 Å². The van der Waals surface area contributed by atoms with Crippen LogP contribution in [-0.4, -0.2) is 78.3 Å². The molecule has 570 valence electrons. The molecule has 0 aliphatic heterocycles. The molecule has 0 amide bonds. The number of aromatic hydroxyl groups is 4. The van der Waals surface area contributed by atoms with E-state index in [1.807, 2.05) is 129 Å². The first-order valence-corrected chi connectivity index (χ1v) is 38.0. The molecule has 0 unspecified atom stereocenters. The molecule has 19 heteroatoms. The van der Waals surface area contributed by atoms with Gasteiger partial charge in [-0.05, 0) is 174 Å². The maximum absolute atomic E-state index is 11.8. The number of aromatic carboxylic acids is 1. The fraction of sp³-hybridized carbons (Fsp3) is 0.242. The molecule has 0 aliphatic carbocycles. The zero-order valence-electron chi connectivity index (χ0n) is 63.6. The van der Waals surface area contributed by atoms with E-state index in [1.165, 1.54) is 25.8 Å². The molecule has 11 rings (SSSR count). The Balaban J connectivity index is 0.000000232. The van der Waals surface area contributed by atoms with Crippen molar-refractivity contribution in [3.63, 3.8) is 0 Å². The number of phenolic OH excluding ortho intramolecular Hbond substituents is 4. The summed E-state index contributed by atoms with van der Waals surface area (Å²) < 4.78 is 46.4. The molecule has 11 aromatic rings. The zero-order valence-corrected chi connectivity index (χ0v) is 68.6. The Kier molecular flexibility index (Phi) is 39.0. The Bertz CT molecular complexity index is 4620. The minimum absolute atomic E-state index is 0. The van der Waals surface area contributed by atoms with Crippen molar-refractivity contribution in [2.75, 3.05) is 39.9 Å². The van der Waals surface area contributed by atoms with Gasteiger partial charge in [0, 0.05) is 61.4 Å². The van der Waals surface area contributed by atoms with Crippen LogP contribution < -0.4 is 63.1 Å². The van der Waals surface area contributed by atoms with Crippen LogP contribution in [0.4, 0.5) is 0 Å². The fourth-order valence-electron chi connectivity index (χ4n) is 11.3. The van der Waals surface area contributed by atoms with E-state index >= 15 is 0 Å². The maximum Gasteiger partial charge on any atom is 1.00 e. The third-order valence-electron chi connectivity index (χ3n) is 16.8. The van der Waals surface area contributed by atoms with Gasteiger partial charge in [-0.1, -0.05) is 199 Å². The van der Waals surface area contributed by atoms with E-state index in [2.05, 4.69) is 78.4 Å². The first-order valence-electron chi connectivity index (χ1n) is 36.3. The van der Waals surface area contributed by atoms with Crippen molar-refractivity contribution in [1.82, 2.24) is 0 Å². The van der Waals surface area contributed by atoms with Crippen LogP contribution in [0.25, 0.3) is 22.3 Å². The Morgan fingerprint density at radius 1 is 0.391 bits per heavy atom. The second kappa shape index (κ2) is 48.4. The predicted octanol–water partition coefficient (Wildman–Crippen LogP) is 18.1. The molecule has 16 nitrogen and oxygen atoms in total. The van der Waals surface area contributed by atoms with Crippen molar-refractivity contribution in [2.45, 2.75) is 105 Å². The van der Waals surface area contributed by atoms with Crippen LogP contribution in [0, 0.1) is 3.57 Å². The molecule has 0 aliphatic rings. The first kappa shape index (κ1) is 88.7. The number of carboxylic acid groups (broad SMARTS) is 1. The number of carboxylic acids is 1. The number of benzene rings is 11. The summed E-state index contributed by atoms with van der Waals surface area (Å²) in [5, 5.41) is 50.6. The van der Waals surface area contributed by atoms with Gasteiger partial charge in [-0.3, -0.25) is 0 Å². The van der Waals surface area contributed by atoms with Gasteiger partial charge in [-0.15, -0.1) is 11.6 Å². The van der Waals surface area contributed by atoms with E-state index in [4.69, 9.17) is 44.8 Å². The summed E-state index contributed by atoms with van der Waals surface area (Å²) >= 11 is 7.89. The van der Waals surface area contributed by atoms with Gasteiger partial charge in [0.1, 0.15) is 81.2 Å². The number of phenols is 4. The van der Waals surface area contributed by atoms with E-state index < -0.39 is 11.9 Å². The molecular weight excluding hydrogens is 1530 g/mol. The van der Waals surface area contributed by atoms with Gasteiger partial charge in [-0.2, -0.15) is 0 Å². The van der Waals surface area contributed by atoms with E-state index in [-0.39, 0.29) is 69.8 Å². The molecule has 0 fully saturated rings. The largest absolute Gasteiger partial charge is 1.00 e. The number of hydrogen-bond acceptors (Lipinski definition) is 16. The second-order valence-corrected chi connectivity index (χ2v) is 26.1. The molecule has 0 bridgehead atoms. The molecule has 110 heavy (non-hydrogen) atoms. The molecule has 0 spiro atoms. The van der Waals surface area contributed by atoms with Crippen molar-refractivity contribution in [1.29, 1.82) is 0 Å². The first-order chi connectivity index (χ1) is 53.0.